The normalized spacial score (nSPS) is 9.92. The van der Waals surface area contributed by atoms with Crippen LogP contribution >= 0.6 is 11.5 Å². The second-order valence-corrected chi connectivity index (χ2v) is 3.15. The molecule has 72 valence electrons. The van der Waals surface area contributed by atoms with E-state index in [-0.39, 0.29) is 5.91 Å². The van der Waals surface area contributed by atoms with E-state index in [1.165, 1.54) is 11.5 Å². The highest BCUT2D eigenvalue weighted by atomic mass is 32.1. The van der Waals surface area contributed by atoms with Crippen LogP contribution in [0.3, 0.4) is 0 Å². The maximum Gasteiger partial charge on any atom is 0.272 e. The van der Waals surface area contributed by atoms with Gasteiger partial charge in [-0.2, -0.15) is 0 Å². The van der Waals surface area contributed by atoms with E-state index in [4.69, 9.17) is 5.73 Å². The van der Waals surface area contributed by atoms with E-state index in [2.05, 4.69) is 14.9 Å². The summed E-state index contributed by atoms with van der Waals surface area (Å²) in [7, 11) is 0. The van der Waals surface area contributed by atoms with E-state index < -0.39 is 0 Å². The van der Waals surface area contributed by atoms with Crippen LogP contribution in [-0.4, -0.2) is 28.6 Å². The van der Waals surface area contributed by atoms with Gasteiger partial charge in [0.1, 0.15) is 0 Å². The van der Waals surface area contributed by atoms with Crippen molar-refractivity contribution in [3.8, 4) is 0 Å². The van der Waals surface area contributed by atoms with Gasteiger partial charge in [-0.3, -0.25) is 4.79 Å². The Bertz CT molecular complexity index is 249. The number of amides is 1. The standard InChI is InChI=1S/C7H12N4OS/c8-3-1-2-4-9-7(12)6-5-13-11-10-6/h5H,1-4,8H2,(H,9,12). The fourth-order valence-corrected chi connectivity index (χ4v) is 1.26. The molecule has 6 heteroatoms. The SMILES string of the molecule is NCCCCNC(=O)c1csnn1. The lowest BCUT2D eigenvalue weighted by Crippen LogP contribution is -2.25. The van der Waals surface area contributed by atoms with Gasteiger partial charge in [0, 0.05) is 11.9 Å². The molecule has 1 aromatic heterocycles. The Morgan fingerprint density at radius 3 is 3.08 bits per heavy atom. The monoisotopic (exact) mass is 200 g/mol. The number of carbonyl (C=O) groups excluding carboxylic acids is 1. The molecule has 0 spiro atoms. The van der Waals surface area contributed by atoms with Crippen molar-refractivity contribution in [3.05, 3.63) is 11.1 Å². The summed E-state index contributed by atoms with van der Waals surface area (Å²) in [5.41, 5.74) is 5.69. The van der Waals surface area contributed by atoms with Crippen LogP contribution in [0.1, 0.15) is 23.3 Å². The van der Waals surface area contributed by atoms with Gasteiger partial charge in [0.2, 0.25) is 0 Å². The van der Waals surface area contributed by atoms with Crippen LogP contribution in [0.4, 0.5) is 0 Å². The highest BCUT2D eigenvalue weighted by molar-refractivity contribution is 7.03. The predicted octanol–water partition coefficient (Wildman–Crippen LogP) is 0.00680. The predicted molar refractivity (Wildman–Crippen MR) is 50.5 cm³/mol. The molecule has 0 unspecified atom stereocenters. The summed E-state index contributed by atoms with van der Waals surface area (Å²) in [6, 6.07) is 0. The average Bonchev–Trinajstić information content (AvgIpc) is 2.65. The number of hydrogen-bond acceptors (Lipinski definition) is 5. The fraction of sp³-hybridized carbons (Fsp3) is 0.571. The molecular formula is C7H12N4OS. The molecule has 5 nitrogen and oxygen atoms in total. The smallest absolute Gasteiger partial charge is 0.272 e. The van der Waals surface area contributed by atoms with Gasteiger partial charge in [0.05, 0.1) is 0 Å². The van der Waals surface area contributed by atoms with E-state index in [1.807, 2.05) is 0 Å². The number of hydrogen-bond donors (Lipinski definition) is 2. The lowest BCUT2D eigenvalue weighted by Gasteiger charge is -2.00. The minimum absolute atomic E-state index is 0.161. The first-order chi connectivity index (χ1) is 6.34. The van der Waals surface area contributed by atoms with Crippen LogP contribution in [0.25, 0.3) is 0 Å². The molecule has 1 heterocycles. The van der Waals surface area contributed by atoms with Crippen LogP contribution < -0.4 is 11.1 Å². The zero-order valence-corrected chi connectivity index (χ0v) is 8.01. The van der Waals surface area contributed by atoms with Gasteiger partial charge in [0.25, 0.3) is 5.91 Å². The zero-order valence-electron chi connectivity index (χ0n) is 7.19. The van der Waals surface area contributed by atoms with Crippen LogP contribution in [0.2, 0.25) is 0 Å². The first-order valence-electron chi connectivity index (χ1n) is 4.10. The third-order valence-corrected chi connectivity index (χ3v) is 2.01. The summed E-state index contributed by atoms with van der Waals surface area (Å²) in [4.78, 5) is 11.2. The lowest BCUT2D eigenvalue weighted by molar-refractivity contribution is 0.0948. The topological polar surface area (TPSA) is 80.9 Å². The van der Waals surface area contributed by atoms with E-state index in [0.29, 0.717) is 18.8 Å². The quantitative estimate of drug-likeness (QED) is 0.656. The number of nitrogens with zero attached hydrogens (tertiary/aromatic N) is 2. The van der Waals surface area contributed by atoms with Crippen molar-refractivity contribution in [3.63, 3.8) is 0 Å². The maximum atomic E-state index is 11.2. The van der Waals surface area contributed by atoms with Gasteiger partial charge >= 0.3 is 0 Å². The Kier molecular flexibility index (Phi) is 4.34. The van der Waals surface area contributed by atoms with Crippen LogP contribution in [0.15, 0.2) is 5.38 Å². The lowest BCUT2D eigenvalue weighted by atomic mass is 10.3. The first kappa shape index (κ1) is 10.1. The van der Waals surface area contributed by atoms with Gasteiger partial charge in [0.15, 0.2) is 5.69 Å². The molecule has 0 aromatic carbocycles. The second kappa shape index (κ2) is 5.60. The highest BCUT2D eigenvalue weighted by Crippen LogP contribution is 1.96. The summed E-state index contributed by atoms with van der Waals surface area (Å²) in [5, 5.41) is 8.00. The zero-order chi connectivity index (χ0) is 9.52. The molecule has 0 radical (unpaired) electrons. The fourth-order valence-electron chi connectivity index (χ4n) is 0.825. The molecule has 0 bridgehead atoms. The Balaban J connectivity index is 2.19. The number of carbonyl (C=O) groups is 1. The van der Waals surface area contributed by atoms with Crippen molar-refractivity contribution in [2.75, 3.05) is 13.1 Å². The van der Waals surface area contributed by atoms with Crippen LogP contribution in [0.5, 0.6) is 0 Å². The van der Waals surface area contributed by atoms with Crippen molar-refractivity contribution in [2.24, 2.45) is 5.73 Å². The second-order valence-electron chi connectivity index (χ2n) is 2.54. The Morgan fingerprint density at radius 1 is 1.62 bits per heavy atom. The summed E-state index contributed by atoms with van der Waals surface area (Å²) < 4.78 is 3.60. The number of aromatic nitrogens is 2. The molecule has 0 aliphatic carbocycles. The summed E-state index contributed by atoms with van der Waals surface area (Å²) in [6.45, 7) is 1.31. The molecule has 0 saturated carbocycles. The number of nitrogens with two attached hydrogens (primary N) is 1. The Labute approximate surface area is 80.5 Å². The average molecular weight is 200 g/mol. The van der Waals surface area contributed by atoms with Gasteiger partial charge in [-0.05, 0) is 30.9 Å². The Hall–Kier alpha value is -1.01. The molecule has 0 atom stereocenters. The first-order valence-corrected chi connectivity index (χ1v) is 4.93. The number of nitrogens with one attached hydrogen (secondary N) is 1. The summed E-state index contributed by atoms with van der Waals surface area (Å²) >= 11 is 1.17. The molecule has 1 aromatic rings. The van der Waals surface area contributed by atoms with E-state index >= 15 is 0 Å². The third kappa shape index (κ3) is 3.47. The summed E-state index contributed by atoms with van der Waals surface area (Å²) in [5.74, 6) is -0.161. The van der Waals surface area contributed by atoms with E-state index in [9.17, 15) is 4.79 Å². The highest BCUT2D eigenvalue weighted by Gasteiger charge is 2.06. The van der Waals surface area contributed by atoms with Crippen molar-refractivity contribution >= 4 is 17.4 Å². The van der Waals surface area contributed by atoms with Crippen LogP contribution in [-0.2, 0) is 0 Å². The van der Waals surface area contributed by atoms with Gasteiger partial charge < -0.3 is 11.1 Å². The molecule has 0 fully saturated rings. The van der Waals surface area contributed by atoms with Crippen molar-refractivity contribution in [2.45, 2.75) is 12.8 Å². The minimum Gasteiger partial charge on any atom is -0.351 e. The van der Waals surface area contributed by atoms with Gasteiger partial charge in [-0.25, -0.2) is 0 Å². The molecule has 13 heavy (non-hydrogen) atoms. The van der Waals surface area contributed by atoms with E-state index in [0.717, 1.165) is 12.8 Å². The molecule has 1 rings (SSSR count). The number of unbranched alkanes of at least 4 members (excludes halogenated alkanes) is 1. The van der Waals surface area contributed by atoms with Crippen LogP contribution in [0, 0.1) is 0 Å². The van der Waals surface area contributed by atoms with Crippen molar-refractivity contribution < 1.29 is 4.79 Å². The Morgan fingerprint density at radius 2 is 2.46 bits per heavy atom. The number of rotatable bonds is 5. The molecule has 1 amide bonds. The maximum absolute atomic E-state index is 11.2. The molecule has 3 N–H and O–H groups in total. The van der Waals surface area contributed by atoms with Gasteiger partial charge in [-0.1, -0.05) is 4.49 Å². The minimum atomic E-state index is -0.161. The van der Waals surface area contributed by atoms with Crippen molar-refractivity contribution in [1.82, 2.24) is 14.9 Å². The largest absolute Gasteiger partial charge is 0.351 e. The third-order valence-electron chi connectivity index (χ3n) is 1.51. The van der Waals surface area contributed by atoms with Gasteiger partial charge in [-0.15, -0.1) is 5.10 Å². The molecule has 0 aliphatic heterocycles. The van der Waals surface area contributed by atoms with Crippen molar-refractivity contribution in [1.29, 1.82) is 0 Å². The van der Waals surface area contributed by atoms with E-state index in [1.54, 1.807) is 5.38 Å². The molecular weight excluding hydrogens is 188 g/mol. The summed E-state index contributed by atoms with van der Waals surface area (Å²) in [6.07, 6.45) is 1.83. The molecule has 0 aliphatic rings. The molecule has 0 saturated heterocycles.